The summed E-state index contributed by atoms with van der Waals surface area (Å²) in [6.45, 7) is 1.78. The fourth-order valence-corrected chi connectivity index (χ4v) is 3.00. The fraction of sp³-hybridized carbons (Fsp3) is 0.0909. The summed E-state index contributed by atoms with van der Waals surface area (Å²) in [5.74, 6) is -1.13. The molecule has 6 heteroatoms. The minimum Gasteiger partial charge on any atom is -0.465 e. The van der Waals surface area contributed by atoms with E-state index in [1.807, 2.05) is 0 Å². The number of rotatable bonds is 5. The molecule has 0 unspecified atom stereocenters. The van der Waals surface area contributed by atoms with E-state index in [2.05, 4.69) is 5.32 Å². The van der Waals surface area contributed by atoms with Gasteiger partial charge in [0.05, 0.1) is 17.7 Å². The number of ketones is 1. The predicted molar refractivity (Wildman–Crippen MR) is 107 cm³/mol. The first-order valence-corrected chi connectivity index (χ1v) is 8.82. The van der Waals surface area contributed by atoms with Gasteiger partial charge in [-0.15, -0.1) is 0 Å². The van der Waals surface area contributed by atoms with E-state index in [9.17, 15) is 14.0 Å². The van der Waals surface area contributed by atoms with Crippen LogP contribution in [-0.4, -0.2) is 18.9 Å². The second kappa shape index (κ2) is 8.23. The van der Waals surface area contributed by atoms with Crippen LogP contribution >= 0.6 is 11.6 Å². The molecule has 0 heterocycles. The van der Waals surface area contributed by atoms with Crippen LogP contribution in [0.3, 0.4) is 0 Å². The van der Waals surface area contributed by atoms with Gasteiger partial charge in [-0.1, -0.05) is 17.7 Å². The van der Waals surface area contributed by atoms with Crippen LogP contribution in [0.1, 0.15) is 31.8 Å². The summed E-state index contributed by atoms with van der Waals surface area (Å²) in [6.07, 6.45) is 0. The molecule has 1 N–H and O–H groups in total. The largest absolute Gasteiger partial charge is 0.465 e. The van der Waals surface area contributed by atoms with E-state index in [0.717, 1.165) is 5.56 Å². The number of anilines is 2. The zero-order valence-corrected chi connectivity index (χ0v) is 16.0. The first-order chi connectivity index (χ1) is 13.4. The number of hydrogen-bond donors (Lipinski definition) is 1. The predicted octanol–water partition coefficient (Wildman–Crippen LogP) is 5.55. The van der Waals surface area contributed by atoms with Crippen molar-refractivity contribution in [1.82, 2.24) is 0 Å². The smallest absolute Gasteiger partial charge is 0.337 e. The number of aryl methyl sites for hydroxylation is 1. The van der Waals surface area contributed by atoms with Gasteiger partial charge in [-0.25, -0.2) is 9.18 Å². The number of hydrogen-bond acceptors (Lipinski definition) is 4. The second-order valence-electron chi connectivity index (χ2n) is 6.18. The van der Waals surface area contributed by atoms with Crippen molar-refractivity contribution in [3.63, 3.8) is 0 Å². The van der Waals surface area contributed by atoms with E-state index in [4.69, 9.17) is 16.3 Å². The maximum atomic E-state index is 13.0. The number of nitrogens with one attached hydrogen (secondary N) is 1. The summed E-state index contributed by atoms with van der Waals surface area (Å²) in [7, 11) is 1.29. The van der Waals surface area contributed by atoms with Crippen LogP contribution in [0.4, 0.5) is 15.8 Å². The van der Waals surface area contributed by atoms with Crippen molar-refractivity contribution in [3.8, 4) is 0 Å². The molecule has 28 heavy (non-hydrogen) atoms. The van der Waals surface area contributed by atoms with Crippen molar-refractivity contribution >= 4 is 34.7 Å². The van der Waals surface area contributed by atoms with Crippen molar-refractivity contribution in [1.29, 1.82) is 0 Å². The van der Waals surface area contributed by atoms with Gasteiger partial charge in [0.15, 0.2) is 5.78 Å². The molecule has 142 valence electrons. The minimum absolute atomic E-state index is 0.264. The Bertz CT molecular complexity index is 1050. The molecule has 0 saturated carbocycles. The Morgan fingerprint density at radius 1 is 0.929 bits per heavy atom. The topological polar surface area (TPSA) is 55.4 Å². The van der Waals surface area contributed by atoms with Crippen LogP contribution in [0.5, 0.6) is 0 Å². The lowest BCUT2D eigenvalue weighted by Gasteiger charge is -2.11. The third-order valence-corrected chi connectivity index (χ3v) is 4.56. The van der Waals surface area contributed by atoms with Crippen molar-refractivity contribution < 1.29 is 18.7 Å². The molecule has 0 aliphatic heterocycles. The Morgan fingerprint density at radius 3 is 2.25 bits per heavy atom. The van der Waals surface area contributed by atoms with Crippen LogP contribution < -0.4 is 5.32 Å². The molecule has 4 nitrogen and oxygen atoms in total. The van der Waals surface area contributed by atoms with Crippen LogP contribution in [0.15, 0.2) is 60.7 Å². The molecule has 0 atom stereocenters. The van der Waals surface area contributed by atoms with Crippen molar-refractivity contribution in [2.75, 3.05) is 12.4 Å². The quantitative estimate of drug-likeness (QED) is 0.453. The number of benzene rings is 3. The van der Waals surface area contributed by atoms with E-state index < -0.39 is 5.97 Å². The van der Waals surface area contributed by atoms with Gasteiger partial charge in [0, 0.05) is 22.5 Å². The molecule has 0 bridgehead atoms. The SMILES string of the molecule is COC(=O)c1ccc(C)c(C(=O)c2ccc(Nc3ccc(F)cc3)cc2Cl)c1. The summed E-state index contributed by atoms with van der Waals surface area (Å²) >= 11 is 6.34. The number of methoxy groups -OCH3 is 1. The molecule has 0 radical (unpaired) electrons. The average Bonchev–Trinajstić information content (AvgIpc) is 2.69. The summed E-state index contributed by atoms with van der Waals surface area (Å²) in [4.78, 5) is 24.7. The molecule has 0 spiro atoms. The van der Waals surface area contributed by atoms with E-state index >= 15 is 0 Å². The highest BCUT2D eigenvalue weighted by Gasteiger charge is 2.18. The van der Waals surface area contributed by atoms with Gasteiger partial charge < -0.3 is 10.1 Å². The van der Waals surface area contributed by atoms with Crippen LogP contribution in [0, 0.1) is 12.7 Å². The highest BCUT2D eigenvalue weighted by atomic mass is 35.5. The van der Waals surface area contributed by atoms with Gasteiger partial charge in [0.1, 0.15) is 5.82 Å². The normalized spacial score (nSPS) is 10.4. The average molecular weight is 398 g/mol. The summed E-state index contributed by atoms with van der Waals surface area (Å²) < 4.78 is 17.7. The first-order valence-electron chi connectivity index (χ1n) is 8.45. The highest BCUT2D eigenvalue weighted by Crippen LogP contribution is 2.27. The maximum Gasteiger partial charge on any atom is 0.337 e. The van der Waals surface area contributed by atoms with E-state index in [-0.39, 0.29) is 16.6 Å². The van der Waals surface area contributed by atoms with Crippen molar-refractivity contribution in [3.05, 3.63) is 93.8 Å². The van der Waals surface area contributed by atoms with Crippen LogP contribution in [0.2, 0.25) is 5.02 Å². The molecular formula is C22H17ClFNO3. The number of carbonyl (C=O) groups excluding carboxylic acids is 2. The molecule has 3 rings (SSSR count). The second-order valence-corrected chi connectivity index (χ2v) is 6.58. The number of esters is 1. The Kier molecular flexibility index (Phi) is 5.76. The summed E-state index contributed by atoms with van der Waals surface area (Å²) in [5, 5.41) is 3.36. The molecule has 0 saturated heterocycles. The Hall–Kier alpha value is -3.18. The molecule has 3 aromatic carbocycles. The monoisotopic (exact) mass is 397 g/mol. The number of ether oxygens (including phenoxy) is 1. The Balaban J connectivity index is 1.88. The third kappa shape index (κ3) is 4.21. The minimum atomic E-state index is -0.515. The standard InChI is InChI=1S/C22H17ClFNO3/c1-13-3-4-14(22(27)28-2)11-19(13)21(26)18-10-9-17(12-20(18)23)25-16-7-5-15(24)6-8-16/h3-12,25H,1-2H3. The van der Waals surface area contributed by atoms with Gasteiger partial charge in [-0.2, -0.15) is 0 Å². The van der Waals surface area contributed by atoms with Gasteiger partial charge in [0.2, 0.25) is 0 Å². The van der Waals surface area contributed by atoms with Gasteiger partial charge in [0.25, 0.3) is 0 Å². The lowest BCUT2D eigenvalue weighted by Crippen LogP contribution is -2.08. The molecule has 0 amide bonds. The van der Waals surface area contributed by atoms with E-state index in [1.54, 1.807) is 49.4 Å². The lowest BCUT2D eigenvalue weighted by molar-refractivity contribution is 0.0600. The van der Waals surface area contributed by atoms with Gasteiger partial charge in [-0.05, 0) is 67.1 Å². The molecule has 0 fully saturated rings. The van der Waals surface area contributed by atoms with Gasteiger partial charge in [-0.3, -0.25) is 4.79 Å². The number of halogens is 2. The molecule has 0 aliphatic carbocycles. The third-order valence-electron chi connectivity index (χ3n) is 4.25. The van der Waals surface area contributed by atoms with Crippen LogP contribution in [-0.2, 0) is 4.74 Å². The number of carbonyl (C=O) groups is 2. The van der Waals surface area contributed by atoms with Crippen molar-refractivity contribution in [2.45, 2.75) is 6.92 Å². The maximum absolute atomic E-state index is 13.0. The highest BCUT2D eigenvalue weighted by molar-refractivity contribution is 6.35. The van der Waals surface area contributed by atoms with E-state index in [1.165, 1.54) is 25.3 Å². The Morgan fingerprint density at radius 2 is 1.61 bits per heavy atom. The van der Waals surface area contributed by atoms with E-state index in [0.29, 0.717) is 28.1 Å². The van der Waals surface area contributed by atoms with Crippen molar-refractivity contribution in [2.24, 2.45) is 0 Å². The first kappa shape index (κ1) is 19.6. The van der Waals surface area contributed by atoms with Crippen LogP contribution in [0.25, 0.3) is 0 Å². The molecule has 0 aromatic heterocycles. The Labute approximate surface area is 166 Å². The lowest BCUT2D eigenvalue weighted by atomic mass is 9.96. The molecule has 3 aromatic rings. The summed E-state index contributed by atoms with van der Waals surface area (Å²) in [6, 6.07) is 15.6. The fourth-order valence-electron chi connectivity index (χ4n) is 2.73. The zero-order chi connectivity index (χ0) is 20.3. The zero-order valence-electron chi connectivity index (χ0n) is 15.3. The summed E-state index contributed by atoms with van der Waals surface area (Å²) in [5.41, 5.74) is 3.07. The van der Waals surface area contributed by atoms with Gasteiger partial charge >= 0.3 is 5.97 Å². The molecule has 0 aliphatic rings. The molecular weight excluding hydrogens is 381 g/mol.